The van der Waals surface area contributed by atoms with Gasteiger partial charge >= 0.3 is 0 Å². The second kappa shape index (κ2) is 10.2. The largest absolute Gasteiger partial charge is 0.493 e. The molecule has 3 rings (SSSR count). The van der Waals surface area contributed by atoms with Crippen LogP contribution in [0.3, 0.4) is 0 Å². The topological polar surface area (TPSA) is 59.1 Å². The van der Waals surface area contributed by atoms with Crippen LogP contribution in [-0.2, 0) is 16.0 Å². The summed E-state index contributed by atoms with van der Waals surface area (Å²) in [5.41, 5.74) is 1.09. The highest BCUT2D eigenvalue weighted by molar-refractivity contribution is 6.30. The Kier molecular flexibility index (Phi) is 7.36. The molecule has 2 aromatic carbocycles. The van der Waals surface area contributed by atoms with Crippen molar-refractivity contribution in [1.29, 1.82) is 0 Å². The molecular formula is C22H25ClN2O4. The summed E-state index contributed by atoms with van der Waals surface area (Å²) in [6.07, 6.45) is 1.13. The standard InChI is InChI=1S/C22H25ClN2O4/c1-28-19-4-2-3-5-20(19)29-16-22(27)25-14-12-24(13-15-25)21(26)11-8-17-6-9-18(23)10-7-17/h2-7,9-10H,8,11-16H2,1H3. The number of halogens is 1. The van der Waals surface area contributed by atoms with E-state index in [4.69, 9.17) is 21.1 Å². The number of hydrogen-bond donors (Lipinski definition) is 0. The van der Waals surface area contributed by atoms with E-state index in [1.54, 1.807) is 24.1 Å². The van der Waals surface area contributed by atoms with E-state index in [0.29, 0.717) is 55.5 Å². The van der Waals surface area contributed by atoms with Gasteiger partial charge < -0.3 is 19.3 Å². The Balaban J connectivity index is 1.41. The first-order chi connectivity index (χ1) is 14.1. The van der Waals surface area contributed by atoms with Crippen LogP contribution in [0.1, 0.15) is 12.0 Å². The Morgan fingerprint density at radius 2 is 1.48 bits per heavy atom. The van der Waals surface area contributed by atoms with Gasteiger partial charge in [0.1, 0.15) is 0 Å². The number of aryl methyl sites for hydroxylation is 1. The average Bonchev–Trinajstić information content (AvgIpc) is 2.77. The number of nitrogens with zero attached hydrogens (tertiary/aromatic N) is 2. The molecule has 7 heteroatoms. The van der Waals surface area contributed by atoms with Crippen LogP contribution in [0.15, 0.2) is 48.5 Å². The first-order valence-electron chi connectivity index (χ1n) is 9.62. The number of para-hydroxylation sites is 2. The van der Waals surface area contributed by atoms with E-state index in [1.807, 2.05) is 41.3 Å². The Bertz CT molecular complexity index is 833. The number of ether oxygens (including phenoxy) is 2. The SMILES string of the molecule is COc1ccccc1OCC(=O)N1CCN(C(=O)CCc2ccc(Cl)cc2)CC1. The van der Waals surface area contributed by atoms with E-state index in [1.165, 1.54) is 0 Å². The fraction of sp³-hybridized carbons (Fsp3) is 0.364. The molecule has 0 atom stereocenters. The summed E-state index contributed by atoms with van der Waals surface area (Å²) in [7, 11) is 1.56. The maximum absolute atomic E-state index is 12.5. The minimum absolute atomic E-state index is 0.0507. The second-order valence-corrected chi connectivity index (χ2v) is 7.26. The smallest absolute Gasteiger partial charge is 0.260 e. The van der Waals surface area contributed by atoms with Gasteiger partial charge in [0.25, 0.3) is 5.91 Å². The third kappa shape index (κ3) is 5.87. The molecule has 1 aliphatic rings. The molecule has 0 N–H and O–H groups in total. The van der Waals surface area contributed by atoms with Crippen LogP contribution in [0, 0.1) is 0 Å². The van der Waals surface area contributed by atoms with Crippen molar-refractivity contribution < 1.29 is 19.1 Å². The van der Waals surface area contributed by atoms with Crippen LogP contribution in [0.5, 0.6) is 11.5 Å². The van der Waals surface area contributed by atoms with Crippen molar-refractivity contribution in [1.82, 2.24) is 9.80 Å². The highest BCUT2D eigenvalue weighted by Crippen LogP contribution is 2.25. The summed E-state index contributed by atoms with van der Waals surface area (Å²) in [5.74, 6) is 1.15. The third-order valence-corrected chi connectivity index (χ3v) is 5.20. The highest BCUT2D eigenvalue weighted by Gasteiger charge is 2.24. The molecule has 1 saturated heterocycles. The first-order valence-corrected chi connectivity index (χ1v) is 10.0. The number of amides is 2. The molecule has 2 amide bonds. The van der Waals surface area contributed by atoms with Crippen LogP contribution < -0.4 is 9.47 Å². The van der Waals surface area contributed by atoms with E-state index in [0.717, 1.165) is 5.56 Å². The van der Waals surface area contributed by atoms with Crippen molar-refractivity contribution >= 4 is 23.4 Å². The molecule has 154 valence electrons. The van der Waals surface area contributed by atoms with Crippen LogP contribution in [0.4, 0.5) is 0 Å². The fourth-order valence-electron chi connectivity index (χ4n) is 3.23. The summed E-state index contributed by atoms with van der Waals surface area (Å²) in [4.78, 5) is 28.4. The maximum atomic E-state index is 12.5. The molecule has 0 aromatic heterocycles. The van der Waals surface area contributed by atoms with Gasteiger partial charge in [0.2, 0.25) is 5.91 Å². The zero-order valence-corrected chi connectivity index (χ0v) is 17.2. The van der Waals surface area contributed by atoms with Crippen LogP contribution in [0.25, 0.3) is 0 Å². The van der Waals surface area contributed by atoms with Gasteiger partial charge in [-0.15, -0.1) is 0 Å². The van der Waals surface area contributed by atoms with Gasteiger partial charge in [-0.05, 0) is 36.2 Å². The summed E-state index contributed by atoms with van der Waals surface area (Å²) >= 11 is 5.89. The second-order valence-electron chi connectivity index (χ2n) is 6.83. The van der Waals surface area contributed by atoms with E-state index in [9.17, 15) is 9.59 Å². The number of benzene rings is 2. The molecule has 0 radical (unpaired) electrons. The lowest BCUT2D eigenvalue weighted by atomic mass is 10.1. The molecule has 0 saturated carbocycles. The van der Waals surface area contributed by atoms with Crippen molar-refractivity contribution in [3.8, 4) is 11.5 Å². The molecule has 1 heterocycles. The minimum Gasteiger partial charge on any atom is -0.493 e. The molecule has 0 unspecified atom stereocenters. The van der Waals surface area contributed by atoms with Crippen LogP contribution in [0.2, 0.25) is 5.02 Å². The lowest BCUT2D eigenvalue weighted by Crippen LogP contribution is -2.51. The Labute approximate surface area is 176 Å². The monoisotopic (exact) mass is 416 g/mol. The van der Waals surface area contributed by atoms with Gasteiger partial charge in [-0.2, -0.15) is 0 Å². The maximum Gasteiger partial charge on any atom is 0.260 e. The van der Waals surface area contributed by atoms with Gasteiger partial charge in [0.05, 0.1) is 7.11 Å². The van der Waals surface area contributed by atoms with Crippen molar-refractivity contribution in [2.45, 2.75) is 12.8 Å². The highest BCUT2D eigenvalue weighted by atomic mass is 35.5. The Morgan fingerprint density at radius 1 is 0.897 bits per heavy atom. The van der Waals surface area contributed by atoms with Crippen LogP contribution in [-0.4, -0.2) is 61.5 Å². The average molecular weight is 417 g/mol. The predicted molar refractivity (Wildman–Crippen MR) is 111 cm³/mol. The molecule has 0 bridgehead atoms. The van der Waals surface area contributed by atoms with Gasteiger partial charge in [-0.3, -0.25) is 9.59 Å². The van der Waals surface area contributed by atoms with E-state index in [-0.39, 0.29) is 18.4 Å². The van der Waals surface area contributed by atoms with Crippen molar-refractivity contribution in [3.63, 3.8) is 0 Å². The molecular weight excluding hydrogens is 392 g/mol. The minimum atomic E-state index is -0.0934. The Morgan fingerprint density at radius 3 is 2.10 bits per heavy atom. The molecule has 6 nitrogen and oxygen atoms in total. The molecule has 2 aromatic rings. The molecule has 1 aliphatic heterocycles. The van der Waals surface area contributed by atoms with E-state index >= 15 is 0 Å². The van der Waals surface area contributed by atoms with Crippen LogP contribution >= 0.6 is 11.6 Å². The van der Waals surface area contributed by atoms with Gasteiger partial charge in [0, 0.05) is 37.6 Å². The van der Waals surface area contributed by atoms with Crippen molar-refractivity contribution in [2.75, 3.05) is 39.9 Å². The lowest BCUT2D eigenvalue weighted by Gasteiger charge is -2.34. The van der Waals surface area contributed by atoms with Crippen molar-refractivity contribution in [3.05, 3.63) is 59.1 Å². The summed E-state index contributed by atoms with van der Waals surface area (Å²) < 4.78 is 10.8. The molecule has 1 fully saturated rings. The molecule has 29 heavy (non-hydrogen) atoms. The summed E-state index contributed by atoms with van der Waals surface area (Å²) in [6, 6.07) is 14.8. The zero-order valence-electron chi connectivity index (χ0n) is 16.5. The van der Waals surface area contributed by atoms with Crippen molar-refractivity contribution in [2.24, 2.45) is 0 Å². The van der Waals surface area contributed by atoms with E-state index < -0.39 is 0 Å². The third-order valence-electron chi connectivity index (χ3n) is 4.95. The fourth-order valence-corrected chi connectivity index (χ4v) is 3.36. The number of piperazine rings is 1. The quantitative estimate of drug-likeness (QED) is 0.696. The van der Waals surface area contributed by atoms with Gasteiger partial charge in [-0.25, -0.2) is 0 Å². The van der Waals surface area contributed by atoms with Gasteiger partial charge in [-0.1, -0.05) is 35.9 Å². The number of methoxy groups -OCH3 is 1. The summed E-state index contributed by atoms with van der Waals surface area (Å²) in [5, 5.41) is 0.690. The zero-order chi connectivity index (χ0) is 20.6. The molecule has 0 aliphatic carbocycles. The normalized spacial score (nSPS) is 13.9. The summed E-state index contributed by atoms with van der Waals surface area (Å²) in [6.45, 7) is 2.06. The first kappa shape index (κ1) is 21.0. The lowest BCUT2D eigenvalue weighted by molar-refractivity contribution is -0.140. The number of carbonyl (C=O) groups excluding carboxylic acids is 2. The number of carbonyl (C=O) groups is 2. The molecule has 0 spiro atoms. The number of hydrogen-bond acceptors (Lipinski definition) is 4. The predicted octanol–water partition coefficient (Wildman–Crippen LogP) is 3.03. The van der Waals surface area contributed by atoms with Gasteiger partial charge in [0.15, 0.2) is 18.1 Å². The van der Waals surface area contributed by atoms with E-state index in [2.05, 4.69) is 0 Å². The Hall–Kier alpha value is -2.73. The number of rotatable bonds is 7.